The summed E-state index contributed by atoms with van der Waals surface area (Å²) in [6.07, 6.45) is 1.89. The van der Waals surface area contributed by atoms with Crippen LogP contribution in [0.15, 0.2) is 30.5 Å². The standard InChI is InChI=1S/C14H19N3O/c1-11-13(10-18)9-17(15-11)14-7-5-4-6-12(14)8-16(2)3/h4-7,9,18H,8,10H2,1-3H3. The number of hydrogen-bond acceptors (Lipinski definition) is 3. The molecule has 1 aromatic carbocycles. The molecular formula is C14H19N3O. The Labute approximate surface area is 107 Å². The highest BCUT2D eigenvalue weighted by Gasteiger charge is 2.09. The van der Waals surface area contributed by atoms with Crippen LogP contribution in [0.3, 0.4) is 0 Å². The molecule has 2 aromatic rings. The number of aliphatic hydroxyl groups excluding tert-OH is 1. The maximum atomic E-state index is 9.23. The molecule has 0 aliphatic rings. The molecule has 0 aliphatic heterocycles. The van der Waals surface area contributed by atoms with Crippen molar-refractivity contribution in [3.8, 4) is 5.69 Å². The predicted octanol–water partition coefficient (Wildman–Crippen LogP) is 1.73. The second-order valence-corrected chi connectivity index (χ2v) is 4.71. The normalized spacial score (nSPS) is 11.2. The number of aliphatic hydroxyl groups is 1. The molecule has 0 radical (unpaired) electrons. The molecule has 0 saturated heterocycles. The van der Waals surface area contributed by atoms with Crippen molar-refractivity contribution < 1.29 is 5.11 Å². The summed E-state index contributed by atoms with van der Waals surface area (Å²) in [5.41, 5.74) is 4.02. The molecule has 1 heterocycles. The fourth-order valence-electron chi connectivity index (χ4n) is 1.98. The lowest BCUT2D eigenvalue weighted by Gasteiger charge is -2.13. The van der Waals surface area contributed by atoms with Gasteiger partial charge in [-0.05, 0) is 32.6 Å². The van der Waals surface area contributed by atoms with Crippen LogP contribution in [0.4, 0.5) is 0 Å². The molecule has 2 rings (SSSR count). The smallest absolute Gasteiger partial charge is 0.0715 e. The summed E-state index contributed by atoms with van der Waals surface area (Å²) in [4.78, 5) is 2.13. The number of rotatable bonds is 4. The molecule has 96 valence electrons. The third-order valence-corrected chi connectivity index (χ3v) is 2.90. The zero-order valence-corrected chi connectivity index (χ0v) is 11.1. The molecule has 0 spiro atoms. The molecule has 1 aromatic heterocycles. The van der Waals surface area contributed by atoms with Crippen molar-refractivity contribution in [2.45, 2.75) is 20.1 Å². The maximum Gasteiger partial charge on any atom is 0.0715 e. The van der Waals surface area contributed by atoms with Gasteiger partial charge in [0.1, 0.15) is 0 Å². The Balaban J connectivity index is 2.42. The molecule has 18 heavy (non-hydrogen) atoms. The van der Waals surface area contributed by atoms with Gasteiger partial charge in [-0.1, -0.05) is 18.2 Å². The third kappa shape index (κ3) is 2.60. The minimum absolute atomic E-state index is 0.0294. The van der Waals surface area contributed by atoms with Crippen LogP contribution < -0.4 is 0 Å². The Kier molecular flexibility index (Phi) is 3.79. The zero-order chi connectivity index (χ0) is 13.1. The van der Waals surface area contributed by atoms with Gasteiger partial charge in [0.25, 0.3) is 0 Å². The van der Waals surface area contributed by atoms with Gasteiger partial charge in [-0.15, -0.1) is 0 Å². The lowest BCUT2D eigenvalue weighted by Crippen LogP contribution is -2.13. The molecule has 1 N–H and O–H groups in total. The topological polar surface area (TPSA) is 41.3 Å². The van der Waals surface area contributed by atoms with Gasteiger partial charge in [0, 0.05) is 18.3 Å². The SMILES string of the molecule is Cc1nn(-c2ccccc2CN(C)C)cc1CO. The van der Waals surface area contributed by atoms with E-state index in [1.807, 2.05) is 50.1 Å². The first-order valence-electron chi connectivity index (χ1n) is 6.01. The van der Waals surface area contributed by atoms with Gasteiger partial charge >= 0.3 is 0 Å². The van der Waals surface area contributed by atoms with Crippen molar-refractivity contribution >= 4 is 0 Å². The number of nitrogens with zero attached hydrogens (tertiary/aromatic N) is 3. The van der Waals surface area contributed by atoms with Gasteiger partial charge in [0.15, 0.2) is 0 Å². The number of aromatic nitrogens is 2. The van der Waals surface area contributed by atoms with Crippen LogP contribution in [-0.4, -0.2) is 33.9 Å². The fraction of sp³-hybridized carbons (Fsp3) is 0.357. The van der Waals surface area contributed by atoms with Gasteiger partial charge < -0.3 is 10.0 Å². The molecule has 0 fully saturated rings. The molecule has 4 nitrogen and oxygen atoms in total. The minimum atomic E-state index is 0.0294. The van der Waals surface area contributed by atoms with E-state index in [0.717, 1.165) is 23.5 Å². The number of hydrogen-bond donors (Lipinski definition) is 1. The minimum Gasteiger partial charge on any atom is -0.392 e. The van der Waals surface area contributed by atoms with Crippen LogP contribution in [0.1, 0.15) is 16.8 Å². The van der Waals surface area contributed by atoms with Crippen molar-refractivity contribution in [1.82, 2.24) is 14.7 Å². The van der Waals surface area contributed by atoms with Gasteiger partial charge in [0.05, 0.1) is 18.0 Å². The van der Waals surface area contributed by atoms with E-state index < -0.39 is 0 Å². The highest BCUT2D eigenvalue weighted by molar-refractivity contribution is 5.41. The first kappa shape index (κ1) is 12.8. The first-order valence-corrected chi connectivity index (χ1v) is 6.01. The monoisotopic (exact) mass is 245 g/mol. The maximum absolute atomic E-state index is 9.23. The predicted molar refractivity (Wildman–Crippen MR) is 71.6 cm³/mol. The average Bonchev–Trinajstić information content (AvgIpc) is 2.70. The third-order valence-electron chi connectivity index (χ3n) is 2.90. The average molecular weight is 245 g/mol. The van der Waals surface area contributed by atoms with Crippen molar-refractivity contribution in [2.24, 2.45) is 0 Å². The largest absolute Gasteiger partial charge is 0.392 e. The van der Waals surface area contributed by atoms with E-state index in [9.17, 15) is 5.11 Å². The van der Waals surface area contributed by atoms with E-state index in [0.29, 0.717) is 0 Å². The second-order valence-electron chi connectivity index (χ2n) is 4.71. The summed E-state index contributed by atoms with van der Waals surface area (Å²) >= 11 is 0. The molecule has 4 heteroatoms. The first-order chi connectivity index (χ1) is 8.61. The van der Waals surface area contributed by atoms with Crippen LogP contribution in [0.2, 0.25) is 0 Å². The number of benzene rings is 1. The molecule has 0 saturated carbocycles. The van der Waals surface area contributed by atoms with Crippen LogP contribution in [0.25, 0.3) is 5.69 Å². The van der Waals surface area contributed by atoms with Crippen molar-refractivity contribution in [3.63, 3.8) is 0 Å². The van der Waals surface area contributed by atoms with Crippen LogP contribution >= 0.6 is 0 Å². The van der Waals surface area contributed by atoms with E-state index in [1.165, 1.54) is 5.56 Å². The van der Waals surface area contributed by atoms with Crippen molar-refractivity contribution in [1.29, 1.82) is 0 Å². The lowest BCUT2D eigenvalue weighted by atomic mass is 10.1. The summed E-state index contributed by atoms with van der Waals surface area (Å²) in [6.45, 7) is 2.81. The number of para-hydroxylation sites is 1. The Morgan fingerprint density at radius 2 is 1.94 bits per heavy atom. The quantitative estimate of drug-likeness (QED) is 0.892. The Bertz CT molecular complexity index is 532. The molecule has 0 bridgehead atoms. The van der Waals surface area contributed by atoms with Gasteiger partial charge in [0.2, 0.25) is 0 Å². The van der Waals surface area contributed by atoms with Crippen LogP contribution in [-0.2, 0) is 13.2 Å². The Morgan fingerprint density at radius 3 is 2.56 bits per heavy atom. The van der Waals surface area contributed by atoms with Gasteiger partial charge in [-0.3, -0.25) is 0 Å². The lowest BCUT2D eigenvalue weighted by molar-refractivity contribution is 0.281. The Morgan fingerprint density at radius 1 is 1.22 bits per heavy atom. The molecule has 0 aliphatic carbocycles. The number of aryl methyl sites for hydroxylation is 1. The summed E-state index contributed by atoms with van der Waals surface area (Å²) in [7, 11) is 4.09. The van der Waals surface area contributed by atoms with Gasteiger partial charge in [-0.2, -0.15) is 5.10 Å². The van der Waals surface area contributed by atoms with Gasteiger partial charge in [-0.25, -0.2) is 4.68 Å². The van der Waals surface area contributed by atoms with E-state index >= 15 is 0 Å². The van der Waals surface area contributed by atoms with Crippen molar-refractivity contribution in [2.75, 3.05) is 14.1 Å². The molecule has 0 amide bonds. The summed E-state index contributed by atoms with van der Waals surface area (Å²) < 4.78 is 1.85. The van der Waals surface area contributed by atoms with Crippen LogP contribution in [0.5, 0.6) is 0 Å². The van der Waals surface area contributed by atoms with Crippen molar-refractivity contribution in [3.05, 3.63) is 47.3 Å². The molecular weight excluding hydrogens is 226 g/mol. The van der Waals surface area contributed by atoms with E-state index in [-0.39, 0.29) is 6.61 Å². The molecule has 0 atom stereocenters. The van der Waals surface area contributed by atoms with E-state index in [2.05, 4.69) is 16.1 Å². The second kappa shape index (κ2) is 5.33. The zero-order valence-electron chi connectivity index (χ0n) is 11.1. The van der Waals surface area contributed by atoms with Crippen LogP contribution in [0, 0.1) is 6.92 Å². The summed E-state index contributed by atoms with van der Waals surface area (Å²) in [5.74, 6) is 0. The summed E-state index contributed by atoms with van der Waals surface area (Å²) in [6, 6.07) is 8.19. The van der Waals surface area contributed by atoms with E-state index in [4.69, 9.17) is 0 Å². The van der Waals surface area contributed by atoms with E-state index in [1.54, 1.807) is 0 Å². The fourth-order valence-corrected chi connectivity index (χ4v) is 1.98. The molecule has 0 unspecified atom stereocenters. The summed E-state index contributed by atoms with van der Waals surface area (Å²) in [5, 5.41) is 13.7. The highest BCUT2D eigenvalue weighted by Crippen LogP contribution is 2.17. The highest BCUT2D eigenvalue weighted by atomic mass is 16.3. The Hall–Kier alpha value is -1.65.